The van der Waals surface area contributed by atoms with Gasteiger partial charge in [-0.3, -0.25) is 0 Å². The molecule has 0 aromatic carbocycles. The van der Waals surface area contributed by atoms with Crippen LogP contribution in [0.1, 0.15) is 27.2 Å². The van der Waals surface area contributed by atoms with Crippen LogP contribution in [0.15, 0.2) is 0 Å². The minimum Gasteiger partial charge on any atom is -0.473 e. The third kappa shape index (κ3) is 7.82. The normalized spacial score (nSPS) is 11.5. The molecule has 2 nitrogen and oxygen atoms in total. The van der Waals surface area contributed by atoms with E-state index in [-0.39, 0.29) is 5.41 Å². The lowest BCUT2D eigenvalue weighted by atomic mass is 9.94. The zero-order chi connectivity index (χ0) is 8.20. The second kappa shape index (κ2) is 3.86. The second-order valence-corrected chi connectivity index (χ2v) is 4.47. The predicted octanol–water partition coefficient (Wildman–Crippen LogP) is 2.83. The van der Waals surface area contributed by atoms with Crippen molar-refractivity contribution >= 4 is 17.1 Å². The molecular formula is C7H14O2S. The maximum Gasteiger partial charge on any atom is 0.364 e. The van der Waals surface area contributed by atoms with Gasteiger partial charge in [0.2, 0.25) is 0 Å². The standard InChI is InChI=1S/C7H14O2S/c1-7(2,3)4-5-10-6(8)9/h4-5H2,1-3H3,(H,8,9). The van der Waals surface area contributed by atoms with Crippen LogP contribution in [0.5, 0.6) is 0 Å². The van der Waals surface area contributed by atoms with E-state index in [2.05, 4.69) is 20.8 Å². The van der Waals surface area contributed by atoms with Crippen molar-refractivity contribution in [3.63, 3.8) is 0 Å². The quantitative estimate of drug-likeness (QED) is 0.678. The van der Waals surface area contributed by atoms with E-state index in [1.54, 1.807) is 0 Å². The van der Waals surface area contributed by atoms with Crippen molar-refractivity contribution in [3.8, 4) is 0 Å². The smallest absolute Gasteiger partial charge is 0.364 e. The van der Waals surface area contributed by atoms with Crippen LogP contribution in [0.25, 0.3) is 0 Å². The zero-order valence-electron chi connectivity index (χ0n) is 6.68. The molecule has 0 aromatic heterocycles. The van der Waals surface area contributed by atoms with Crippen molar-refractivity contribution in [2.45, 2.75) is 27.2 Å². The number of rotatable bonds is 2. The highest BCUT2D eigenvalue weighted by Gasteiger charge is 2.10. The third-order valence-electron chi connectivity index (χ3n) is 1.08. The highest BCUT2D eigenvalue weighted by Crippen LogP contribution is 2.21. The van der Waals surface area contributed by atoms with Gasteiger partial charge < -0.3 is 5.11 Å². The van der Waals surface area contributed by atoms with Crippen LogP contribution < -0.4 is 0 Å². The molecule has 0 radical (unpaired) electrons. The van der Waals surface area contributed by atoms with E-state index < -0.39 is 5.30 Å². The largest absolute Gasteiger partial charge is 0.473 e. The Morgan fingerprint density at radius 3 is 2.30 bits per heavy atom. The van der Waals surface area contributed by atoms with Crippen LogP contribution in [0.4, 0.5) is 4.79 Å². The Morgan fingerprint density at radius 1 is 1.50 bits per heavy atom. The number of carboxylic acid groups (broad SMARTS) is 1. The molecule has 0 bridgehead atoms. The molecule has 0 aliphatic heterocycles. The molecule has 1 N–H and O–H groups in total. The summed E-state index contributed by atoms with van der Waals surface area (Å²) in [6.45, 7) is 6.32. The van der Waals surface area contributed by atoms with E-state index in [0.29, 0.717) is 5.75 Å². The molecule has 0 aromatic rings. The van der Waals surface area contributed by atoms with Crippen LogP contribution >= 0.6 is 11.8 Å². The lowest BCUT2D eigenvalue weighted by molar-refractivity contribution is 0.222. The SMILES string of the molecule is CC(C)(C)CCSC(=O)O. The Morgan fingerprint density at radius 2 is 2.00 bits per heavy atom. The predicted molar refractivity (Wildman–Crippen MR) is 44.6 cm³/mol. The summed E-state index contributed by atoms with van der Waals surface area (Å²) in [5.41, 5.74) is 0.252. The van der Waals surface area contributed by atoms with Gasteiger partial charge >= 0.3 is 5.30 Å². The number of carbonyl (C=O) groups is 1. The summed E-state index contributed by atoms with van der Waals surface area (Å²) in [6.07, 6.45) is 0.948. The molecular weight excluding hydrogens is 148 g/mol. The van der Waals surface area contributed by atoms with Gasteiger partial charge in [0, 0.05) is 5.75 Å². The van der Waals surface area contributed by atoms with Gasteiger partial charge in [-0.1, -0.05) is 20.8 Å². The Hall–Kier alpha value is -0.180. The van der Waals surface area contributed by atoms with Gasteiger partial charge in [-0.15, -0.1) is 0 Å². The third-order valence-corrected chi connectivity index (χ3v) is 1.73. The number of hydrogen-bond acceptors (Lipinski definition) is 2. The minimum absolute atomic E-state index is 0.252. The van der Waals surface area contributed by atoms with Crippen molar-refractivity contribution < 1.29 is 9.90 Å². The Kier molecular flexibility index (Phi) is 3.79. The van der Waals surface area contributed by atoms with Crippen LogP contribution in [-0.2, 0) is 0 Å². The van der Waals surface area contributed by atoms with Gasteiger partial charge in [0.1, 0.15) is 0 Å². The molecule has 0 saturated carbocycles. The first-order chi connectivity index (χ1) is 4.42. The molecule has 0 spiro atoms. The van der Waals surface area contributed by atoms with Crippen molar-refractivity contribution in [1.29, 1.82) is 0 Å². The van der Waals surface area contributed by atoms with Crippen molar-refractivity contribution in [1.82, 2.24) is 0 Å². The molecule has 0 saturated heterocycles. The molecule has 0 aliphatic rings. The lowest BCUT2D eigenvalue weighted by Crippen LogP contribution is -2.06. The Bertz CT molecular complexity index is 115. The van der Waals surface area contributed by atoms with Gasteiger partial charge in [0.15, 0.2) is 0 Å². The maximum absolute atomic E-state index is 10.0. The molecule has 3 heteroatoms. The topological polar surface area (TPSA) is 37.3 Å². The minimum atomic E-state index is -0.774. The molecule has 0 heterocycles. The molecule has 0 rings (SSSR count). The van der Waals surface area contributed by atoms with Crippen LogP contribution in [-0.4, -0.2) is 16.2 Å². The molecule has 0 unspecified atom stereocenters. The monoisotopic (exact) mass is 162 g/mol. The highest BCUT2D eigenvalue weighted by molar-refractivity contribution is 8.13. The van der Waals surface area contributed by atoms with Gasteiger partial charge in [0.05, 0.1) is 0 Å². The summed E-state index contributed by atoms with van der Waals surface area (Å²) in [6, 6.07) is 0. The fourth-order valence-corrected chi connectivity index (χ4v) is 1.33. The van der Waals surface area contributed by atoms with E-state index >= 15 is 0 Å². The number of hydrogen-bond donors (Lipinski definition) is 1. The summed E-state index contributed by atoms with van der Waals surface area (Å²) in [7, 11) is 0. The fraction of sp³-hybridized carbons (Fsp3) is 0.857. The average molecular weight is 162 g/mol. The summed E-state index contributed by atoms with van der Waals surface area (Å²) >= 11 is 0.975. The first kappa shape index (κ1) is 9.82. The molecule has 0 amide bonds. The van der Waals surface area contributed by atoms with Gasteiger partial charge in [-0.05, 0) is 23.6 Å². The molecule has 10 heavy (non-hydrogen) atoms. The average Bonchev–Trinajstić information content (AvgIpc) is 1.59. The Labute approximate surface area is 66.0 Å². The fourth-order valence-electron chi connectivity index (χ4n) is 0.445. The summed E-state index contributed by atoms with van der Waals surface area (Å²) in [4.78, 5) is 10.0. The van der Waals surface area contributed by atoms with Crippen molar-refractivity contribution in [2.24, 2.45) is 5.41 Å². The highest BCUT2D eigenvalue weighted by atomic mass is 32.2. The summed E-state index contributed by atoms with van der Waals surface area (Å²) in [5, 5.41) is 7.50. The van der Waals surface area contributed by atoms with Gasteiger partial charge in [-0.2, -0.15) is 0 Å². The molecule has 0 atom stereocenters. The second-order valence-electron chi connectivity index (χ2n) is 3.43. The number of thioether (sulfide) groups is 1. The molecule has 0 aliphatic carbocycles. The Balaban J connectivity index is 3.29. The van der Waals surface area contributed by atoms with Crippen LogP contribution in [0.3, 0.4) is 0 Å². The maximum atomic E-state index is 10.0. The molecule has 0 fully saturated rings. The van der Waals surface area contributed by atoms with E-state index in [9.17, 15) is 4.79 Å². The van der Waals surface area contributed by atoms with E-state index in [4.69, 9.17) is 5.11 Å². The van der Waals surface area contributed by atoms with Gasteiger partial charge in [-0.25, -0.2) is 4.79 Å². The summed E-state index contributed by atoms with van der Waals surface area (Å²) in [5.74, 6) is 0.707. The first-order valence-electron chi connectivity index (χ1n) is 3.27. The first-order valence-corrected chi connectivity index (χ1v) is 4.26. The zero-order valence-corrected chi connectivity index (χ0v) is 7.49. The van der Waals surface area contributed by atoms with Crippen molar-refractivity contribution in [2.75, 3.05) is 5.75 Å². The molecule has 60 valence electrons. The van der Waals surface area contributed by atoms with E-state index in [1.807, 2.05) is 0 Å². The lowest BCUT2D eigenvalue weighted by Gasteiger charge is -2.16. The van der Waals surface area contributed by atoms with Crippen molar-refractivity contribution in [3.05, 3.63) is 0 Å². The van der Waals surface area contributed by atoms with E-state index in [1.165, 1.54) is 0 Å². The van der Waals surface area contributed by atoms with Crippen LogP contribution in [0.2, 0.25) is 0 Å². The van der Waals surface area contributed by atoms with Gasteiger partial charge in [0.25, 0.3) is 0 Å². The van der Waals surface area contributed by atoms with Crippen LogP contribution in [0, 0.1) is 5.41 Å². The van der Waals surface area contributed by atoms with E-state index in [0.717, 1.165) is 18.2 Å². The summed E-state index contributed by atoms with van der Waals surface area (Å²) < 4.78 is 0.